The Bertz CT molecular complexity index is 556. The highest BCUT2D eigenvalue weighted by molar-refractivity contribution is 7.88. The van der Waals surface area contributed by atoms with Crippen LogP contribution in [0.25, 0.3) is 0 Å². The van der Waals surface area contributed by atoms with Crippen LogP contribution < -0.4 is 4.72 Å². The average molecular weight is 404 g/mol. The van der Waals surface area contributed by atoms with E-state index in [1.54, 1.807) is 0 Å². The van der Waals surface area contributed by atoms with Crippen molar-refractivity contribution in [3.8, 4) is 0 Å². The van der Waals surface area contributed by atoms with Gasteiger partial charge < -0.3 is 4.74 Å². The van der Waals surface area contributed by atoms with Gasteiger partial charge in [0, 0.05) is 17.4 Å². The molecule has 0 amide bonds. The fourth-order valence-electron chi connectivity index (χ4n) is 3.30. The molecule has 3 atom stereocenters. The molecular formula is C22H45NO3S. The predicted octanol–water partition coefficient (Wildman–Crippen LogP) is 5.89. The minimum atomic E-state index is -3.21. The third kappa shape index (κ3) is 8.99. The molecule has 0 aromatic rings. The minimum Gasteiger partial charge on any atom is -0.498 e. The molecule has 0 heterocycles. The monoisotopic (exact) mass is 403 g/mol. The third-order valence-electron chi connectivity index (χ3n) is 6.52. The summed E-state index contributed by atoms with van der Waals surface area (Å²) in [5, 5.41) is 0. The first-order valence-corrected chi connectivity index (χ1v) is 12.5. The second-order valence-corrected chi connectivity index (χ2v) is 10.9. The summed E-state index contributed by atoms with van der Waals surface area (Å²) in [6.07, 6.45) is 9.83. The highest BCUT2D eigenvalue weighted by atomic mass is 32.2. The van der Waals surface area contributed by atoms with Crippen molar-refractivity contribution in [2.45, 2.75) is 100 Å². The highest BCUT2D eigenvalue weighted by Crippen LogP contribution is 2.39. The topological polar surface area (TPSA) is 55.4 Å². The highest BCUT2D eigenvalue weighted by Gasteiger charge is 2.35. The zero-order chi connectivity index (χ0) is 21.3. The van der Waals surface area contributed by atoms with Gasteiger partial charge in [-0.05, 0) is 38.2 Å². The molecule has 0 bridgehead atoms. The Balaban J connectivity index is 5.34. The molecule has 4 nitrogen and oxygen atoms in total. The Morgan fingerprint density at radius 2 is 1.59 bits per heavy atom. The second-order valence-electron chi connectivity index (χ2n) is 9.10. The van der Waals surface area contributed by atoms with Gasteiger partial charge in [0.2, 0.25) is 10.0 Å². The molecule has 3 unspecified atom stereocenters. The van der Waals surface area contributed by atoms with Gasteiger partial charge in [0.1, 0.15) is 6.10 Å². The summed E-state index contributed by atoms with van der Waals surface area (Å²) in [5.41, 5.74) is 0.981. The summed E-state index contributed by atoms with van der Waals surface area (Å²) < 4.78 is 32.1. The Morgan fingerprint density at radius 3 is 2.04 bits per heavy atom. The number of ether oxygens (including phenoxy) is 1. The molecule has 27 heavy (non-hydrogen) atoms. The van der Waals surface area contributed by atoms with Crippen LogP contribution in [-0.2, 0) is 14.8 Å². The maximum Gasteiger partial charge on any atom is 0.208 e. The summed E-state index contributed by atoms with van der Waals surface area (Å²) in [4.78, 5) is 0. The van der Waals surface area contributed by atoms with E-state index in [9.17, 15) is 8.42 Å². The maximum atomic E-state index is 11.6. The molecule has 0 aliphatic rings. The van der Waals surface area contributed by atoms with Crippen LogP contribution in [0, 0.1) is 16.7 Å². The van der Waals surface area contributed by atoms with E-state index in [0.29, 0.717) is 12.5 Å². The molecule has 0 fully saturated rings. The maximum absolute atomic E-state index is 11.6. The molecular weight excluding hydrogens is 358 g/mol. The van der Waals surface area contributed by atoms with Crippen LogP contribution in [0.1, 0.15) is 93.9 Å². The van der Waals surface area contributed by atoms with Crippen LogP contribution in [0.4, 0.5) is 0 Å². The van der Waals surface area contributed by atoms with Gasteiger partial charge >= 0.3 is 0 Å². The van der Waals surface area contributed by atoms with Crippen molar-refractivity contribution < 1.29 is 13.2 Å². The zero-order valence-corrected chi connectivity index (χ0v) is 20.1. The van der Waals surface area contributed by atoms with Gasteiger partial charge in [-0.1, -0.05) is 67.2 Å². The van der Waals surface area contributed by atoms with Crippen molar-refractivity contribution in [3.63, 3.8) is 0 Å². The van der Waals surface area contributed by atoms with Gasteiger partial charge in [-0.3, -0.25) is 0 Å². The summed E-state index contributed by atoms with van der Waals surface area (Å²) in [6.45, 7) is 18.0. The number of unbranched alkanes of at least 4 members (excludes halogenated alkanes) is 2. The van der Waals surface area contributed by atoms with Crippen LogP contribution in [0.15, 0.2) is 11.8 Å². The average Bonchev–Trinajstić information content (AvgIpc) is 2.59. The smallest absolute Gasteiger partial charge is 0.208 e. The Hall–Kier alpha value is -0.550. The first kappa shape index (κ1) is 26.4. The van der Waals surface area contributed by atoms with E-state index in [2.05, 4.69) is 60.1 Å². The van der Waals surface area contributed by atoms with Gasteiger partial charge in [0.05, 0.1) is 12.5 Å². The quantitative estimate of drug-likeness (QED) is 0.368. The number of nitrogens with one attached hydrogen (secondary N) is 1. The largest absolute Gasteiger partial charge is 0.498 e. The van der Waals surface area contributed by atoms with Gasteiger partial charge in [-0.15, -0.1) is 0 Å². The van der Waals surface area contributed by atoms with Gasteiger partial charge in [-0.2, -0.15) is 0 Å². The molecule has 5 heteroatoms. The van der Waals surface area contributed by atoms with Crippen LogP contribution in [0.3, 0.4) is 0 Å². The van der Waals surface area contributed by atoms with Crippen molar-refractivity contribution >= 4 is 10.0 Å². The van der Waals surface area contributed by atoms with E-state index < -0.39 is 10.0 Å². The molecule has 0 aliphatic carbocycles. The van der Waals surface area contributed by atoms with Crippen molar-refractivity contribution in [3.05, 3.63) is 11.8 Å². The van der Waals surface area contributed by atoms with Crippen molar-refractivity contribution in [1.29, 1.82) is 0 Å². The van der Waals surface area contributed by atoms with Crippen molar-refractivity contribution in [1.82, 2.24) is 4.72 Å². The van der Waals surface area contributed by atoms with Crippen molar-refractivity contribution in [2.24, 2.45) is 16.7 Å². The number of rotatable bonds is 14. The van der Waals surface area contributed by atoms with E-state index in [4.69, 9.17) is 4.74 Å². The normalized spacial score (nSPS) is 18.8. The molecule has 0 saturated carbocycles. The molecule has 0 aliphatic heterocycles. The van der Waals surface area contributed by atoms with E-state index in [-0.39, 0.29) is 16.9 Å². The third-order valence-corrected chi connectivity index (χ3v) is 7.19. The van der Waals surface area contributed by atoms with Crippen molar-refractivity contribution in [2.75, 3.05) is 12.8 Å². The first-order valence-electron chi connectivity index (χ1n) is 10.6. The summed E-state index contributed by atoms with van der Waals surface area (Å²) in [7, 11) is -3.21. The lowest BCUT2D eigenvalue weighted by atomic mass is 9.71. The SMILES string of the molecule is CCCCC(C)(CNS(C)(=O)=O)/C(C)=C/OC(C)C(C)(CCCC)C(C)C. The molecule has 0 saturated heterocycles. The van der Waals surface area contributed by atoms with E-state index in [1.807, 2.05) is 6.26 Å². The lowest BCUT2D eigenvalue weighted by Gasteiger charge is -2.39. The van der Waals surface area contributed by atoms with Crippen LogP contribution in [0.5, 0.6) is 0 Å². The minimum absolute atomic E-state index is 0.109. The van der Waals surface area contributed by atoms with Gasteiger partial charge in [0.15, 0.2) is 0 Å². The standard InChI is InChI=1S/C22H45NO3S/c1-10-12-14-21(7,17-23-27(9,24)25)19(5)16-26-20(6)22(8,18(3)4)15-13-11-2/h16,18,20,23H,10-15,17H2,1-9H3/b19-16+. The molecule has 0 aromatic carbocycles. The molecule has 1 N–H and O–H groups in total. The number of hydrogen-bond acceptors (Lipinski definition) is 3. The molecule has 0 rings (SSSR count). The van der Waals surface area contributed by atoms with E-state index in [0.717, 1.165) is 31.3 Å². The van der Waals surface area contributed by atoms with Crippen LogP contribution in [-0.4, -0.2) is 27.3 Å². The predicted molar refractivity (Wildman–Crippen MR) is 117 cm³/mol. The second kappa shape index (κ2) is 11.5. The van der Waals surface area contributed by atoms with E-state index >= 15 is 0 Å². The lowest BCUT2D eigenvalue weighted by Crippen LogP contribution is -2.38. The molecule has 162 valence electrons. The first-order chi connectivity index (χ1) is 12.3. The van der Waals surface area contributed by atoms with Gasteiger partial charge in [-0.25, -0.2) is 13.1 Å². The summed E-state index contributed by atoms with van der Waals surface area (Å²) in [5.74, 6) is 0.533. The summed E-state index contributed by atoms with van der Waals surface area (Å²) in [6, 6.07) is 0. The lowest BCUT2D eigenvalue weighted by molar-refractivity contribution is -0.00489. The molecule has 0 spiro atoms. The van der Waals surface area contributed by atoms with E-state index in [1.165, 1.54) is 19.1 Å². The van der Waals surface area contributed by atoms with Crippen LogP contribution in [0.2, 0.25) is 0 Å². The summed E-state index contributed by atoms with van der Waals surface area (Å²) >= 11 is 0. The fourth-order valence-corrected chi connectivity index (χ4v) is 3.88. The number of hydrogen-bond donors (Lipinski definition) is 1. The fraction of sp³-hybridized carbons (Fsp3) is 0.909. The Labute approximate surface area is 169 Å². The zero-order valence-electron chi connectivity index (χ0n) is 19.3. The Morgan fingerprint density at radius 1 is 1.07 bits per heavy atom. The number of sulfonamides is 1. The Kier molecular flexibility index (Phi) is 11.2. The molecule has 0 radical (unpaired) electrons. The van der Waals surface area contributed by atoms with Gasteiger partial charge in [0.25, 0.3) is 0 Å². The van der Waals surface area contributed by atoms with Crippen LogP contribution >= 0.6 is 0 Å². The molecule has 0 aromatic heterocycles.